The molecule has 0 aromatic heterocycles. The van der Waals surface area contributed by atoms with Crippen LogP contribution in [0.15, 0.2) is 17.2 Å². The van der Waals surface area contributed by atoms with E-state index in [1.165, 1.54) is 0 Å². The van der Waals surface area contributed by atoms with Crippen LogP contribution in [0.2, 0.25) is 0 Å². The molecule has 0 spiro atoms. The maximum Gasteiger partial charge on any atom is 0.312 e. The highest BCUT2D eigenvalue weighted by Crippen LogP contribution is 2.20. The van der Waals surface area contributed by atoms with Gasteiger partial charge in [-0.3, -0.25) is 9.59 Å². The minimum atomic E-state index is -0.738. The van der Waals surface area contributed by atoms with Crippen LogP contribution in [0.25, 0.3) is 0 Å². The van der Waals surface area contributed by atoms with Gasteiger partial charge in [0.15, 0.2) is 0 Å². The smallest absolute Gasteiger partial charge is 0.283 e. The molecule has 1 aromatic carbocycles. The van der Waals surface area contributed by atoms with E-state index in [9.17, 15) is 9.59 Å². The summed E-state index contributed by atoms with van der Waals surface area (Å²) in [6.07, 6.45) is 1.43. The molecule has 96 valence electrons. The van der Waals surface area contributed by atoms with E-state index in [-0.39, 0.29) is 0 Å². The molecule has 0 radical (unpaired) electrons. The molecular formula is C14H18N2O2. The Morgan fingerprint density at radius 1 is 1.22 bits per heavy atom. The van der Waals surface area contributed by atoms with E-state index in [4.69, 9.17) is 0 Å². The predicted molar refractivity (Wildman–Crippen MR) is 72.0 cm³/mol. The fraction of sp³-hybridized carbons (Fsp3) is 0.357. The number of carbonyl (C=O) groups excluding carboxylic acids is 2. The average Bonchev–Trinajstić information content (AvgIpc) is 2.36. The van der Waals surface area contributed by atoms with Gasteiger partial charge in [0.25, 0.3) is 5.78 Å². The van der Waals surface area contributed by atoms with Crippen LogP contribution in [0.1, 0.15) is 40.9 Å². The first-order chi connectivity index (χ1) is 8.54. The molecule has 1 aromatic rings. The highest BCUT2D eigenvalue weighted by molar-refractivity contribution is 6.43. The lowest BCUT2D eigenvalue weighted by molar-refractivity contribution is -0.116. The Bertz CT molecular complexity index is 468. The van der Waals surface area contributed by atoms with E-state index in [0.29, 0.717) is 18.4 Å². The Labute approximate surface area is 107 Å². The van der Waals surface area contributed by atoms with Crippen LogP contribution in [0, 0.1) is 6.92 Å². The third-order valence-corrected chi connectivity index (χ3v) is 2.82. The maximum atomic E-state index is 12.1. The molecule has 0 aliphatic carbocycles. The van der Waals surface area contributed by atoms with Gasteiger partial charge in [0.2, 0.25) is 0 Å². The number of rotatable bonds is 5. The van der Waals surface area contributed by atoms with Crippen molar-refractivity contribution in [1.29, 1.82) is 0 Å². The van der Waals surface area contributed by atoms with E-state index >= 15 is 0 Å². The first-order valence-corrected chi connectivity index (χ1v) is 5.97. The van der Waals surface area contributed by atoms with Crippen molar-refractivity contribution in [3.63, 3.8) is 0 Å². The van der Waals surface area contributed by atoms with Crippen molar-refractivity contribution in [2.24, 2.45) is 5.10 Å². The number of hydrazone groups is 1. The van der Waals surface area contributed by atoms with Gasteiger partial charge in [0.05, 0.1) is 0 Å². The Balaban J connectivity index is 3.32. The number of nitrogens with one attached hydrogen (secondary N) is 1. The lowest BCUT2D eigenvalue weighted by Gasteiger charge is -2.12. The fourth-order valence-corrected chi connectivity index (χ4v) is 2.03. The Morgan fingerprint density at radius 3 is 2.11 bits per heavy atom. The van der Waals surface area contributed by atoms with Crippen LogP contribution in [0.5, 0.6) is 0 Å². The topological polar surface area (TPSA) is 58.5 Å². The molecule has 0 atom stereocenters. The first-order valence-electron chi connectivity index (χ1n) is 5.97. The van der Waals surface area contributed by atoms with Crippen molar-refractivity contribution in [3.05, 3.63) is 34.4 Å². The van der Waals surface area contributed by atoms with Crippen molar-refractivity contribution in [3.8, 4) is 0 Å². The molecule has 1 rings (SSSR count). The molecule has 0 saturated heterocycles. The number of ketones is 1. The molecular weight excluding hydrogens is 228 g/mol. The second-order valence-corrected chi connectivity index (χ2v) is 4.09. The highest BCUT2D eigenvalue weighted by atomic mass is 16.2. The number of carbonyl (C=O) groups is 2. The number of benzene rings is 1. The van der Waals surface area contributed by atoms with Gasteiger partial charge in [-0.2, -0.15) is 5.10 Å². The molecule has 18 heavy (non-hydrogen) atoms. The average molecular weight is 246 g/mol. The lowest BCUT2D eigenvalue weighted by atomic mass is 9.92. The second kappa shape index (κ2) is 6.10. The maximum absolute atomic E-state index is 12.1. The summed E-state index contributed by atoms with van der Waals surface area (Å²) in [7, 11) is 0. The number of hydrogen-bond acceptors (Lipinski definition) is 3. The minimum Gasteiger partial charge on any atom is -0.283 e. The Hall–Kier alpha value is -1.97. The summed E-state index contributed by atoms with van der Waals surface area (Å²) in [5.74, 6) is -1.28. The number of Topliss-reactive ketones (excluding diaryl/α,β-unsaturated/α-hetero) is 1. The highest BCUT2D eigenvalue weighted by Gasteiger charge is 2.21. The van der Waals surface area contributed by atoms with Gasteiger partial charge in [-0.15, -0.1) is 0 Å². The first kappa shape index (κ1) is 14.1. The summed E-state index contributed by atoms with van der Waals surface area (Å²) in [6, 6.07) is 3.89. The zero-order valence-corrected chi connectivity index (χ0v) is 11.0. The molecule has 0 fully saturated rings. The summed E-state index contributed by atoms with van der Waals surface area (Å²) in [4.78, 5) is 23.7. The molecule has 0 bridgehead atoms. The standard InChI is InChI=1S/C14H18N2O2/c1-5-10-7-9(3)8-11(6-2)12(10)13(17)14(18)16-15-4/h7-8H,4-6H2,1-3H3,(H,16,18). The summed E-state index contributed by atoms with van der Waals surface area (Å²) in [5.41, 5.74) is 5.49. The monoisotopic (exact) mass is 246 g/mol. The van der Waals surface area contributed by atoms with Crippen molar-refractivity contribution in [2.75, 3.05) is 0 Å². The van der Waals surface area contributed by atoms with E-state index < -0.39 is 11.7 Å². The zero-order chi connectivity index (χ0) is 13.7. The van der Waals surface area contributed by atoms with Gasteiger partial charge < -0.3 is 0 Å². The second-order valence-electron chi connectivity index (χ2n) is 4.09. The summed E-state index contributed by atoms with van der Waals surface area (Å²) in [6.45, 7) is 9.06. The van der Waals surface area contributed by atoms with Gasteiger partial charge in [-0.05, 0) is 30.9 Å². The molecule has 0 unspecified atom stereocenters. The molecule has 1 N–H and O–H groups in total. The summed E-state index contributed by atoms with van der Waals surface area (Å²) < 4.78 is 0. The number of amides is 1. The van der Waals surface area contributed by atoms with Crippen LogP contribution in [0.4, 0.5) is 0 Å². The normalized spacial score (nSPS) is 9.94. The molecule has 4 nitrogen and oxygen atoms in total. The Morgan fingerprint density at radius 2 is 1.72 bits per heavy atom. The van der Waals surface area contributed by atoms with Crippen LogP contribution >= 0.6 is 0 Å². The van der Waals surface area contributed by atoms with E-state index in [1.807, 2.05) is 32.9 Å². The van der Waals surface area contributed by atoms with Crippen molar-refractivity contribution in [2.45, 2.75) is 33.6 Å². The quantitative estimate of drug-likeness (QED) is 0.374. The van der Waals surface area contributed by atoms with E-state index in [0.717, 1.165) is 16.7 Å². The largest absolute Gasteiger partial charge is 0.312 e. The van der Waals surface area contributed by atoms with Gasteiger partial charge in [-0.25, -0.2) is 5.43 Å². The van der Waals surface area contributed by atoms with Gasteiger partial charge >= 0.3 is 5.91 Å². The SMILES string of the molecule is C=NNC(=O)C(=O)c1c(CC)cc(C)cc1CC. The van der Waals surface area contributed by atoms with Crippen molar-refractivity contribution >= 4 is 18.4 Å². The Kier molecular flexibility index (Phi) is 4.77. The van der Waals surface area contributed by atoms with Gasteiger partial charge in [0, 0.05) is 12.3 Å². The third-order valence-electron chi connectivity index (χ3n) is 2.82. The van der Waals surface area contributed by atoms with Crippen molar-refractivity contribution in [1.82, 2.24) is 5.43 Å². The van der Waals surface area contributed by atoms with E-state index in [1.54, 1.807) is 0 Å². The molecule has 0 heterocycles. The lowest BCUT2D eigenvalue weighted by Crippen LogP contribution is -2.28. The summed E-state index contributed by atoms with van der Waals surface area (Å²) >= 11 is 0. The zero-order valence-electron chi connectivity index (χ0n) is 11.0. The minimum absolute atomic E-state index is 0.506. The number of nitrogens with zero attached hydrogens (tertiary/aromatic N) is 1. The molecule has 4 heteroatoms. The van der Waals surface area contributed by atoms with Crippen LogP contribution in [-0.4, -0.2) is 18.4 Å². The van der Waals surface area contributed by atoms with Gasteiger partial charge in [0.1, 0.15) is 0 Å². The molecule has 1 amide bonds. The van der Waals surface area contributed by atoms with Crippen molar-refractivity contribution < 1.29 is 9.59 Å². The number of hydrogen-bond donors (Lipinski definition) is 1. The van der Waals surface area contributed by atoms with Gasteiger partial charge in [-0.1, -0.05) is 31.5 Å². The summed E-state index contributed by atoms with van der Waals surface area (Å²) in [5, 5.41) is 3.24. The predicted octanol–water partition coefficient (Wildman–Crippen LogP) is 2.03. The molecule has 0 aliphatic rings. The third kappa shape index (κ3) is 2.83. The fourth-order valence-electron chi connectivity index (χ4n) is 2.03. The number of aryl methyl sites for hydroxylation is 3. The molecule has 0 aliphatic heterocycles. The van der Waals surface area contributed by atoms with Crippen LogP contribution in [-0.2, 0) is 17.6 Å². The van der Waals surface area contributed by atoms with E-state index in [2.05, 4.69) is 17.2 Å². The van der Waals surface area contributed by atoms with Crippen LogP contribution in [0.3, 0.4) is 0 Å². The molecule has 0 saturated carbocycles. The van der Waals surface area contributed by atoms with Crippen LogP contribution < -0.4 is 5.43 Å².